The second-order valence-electron chi connectivity index (χ2n) is 16.2. The molecular weight excluding hydrogens is 610 g/mol. The zero-order chi connectivity index (χ0) is 34.0. The molecule has 9 heteroatoms. The van der Waals surface area contributed by atoms with Gasteiger partial charge in [0.25, 0.3) is 0 Å². The summed E-state index contributed by atoms with van der Waals surface area (Å²) in [5.41, 5.74) is 2.22. The fourth-order valence-electron chi connectivity index (χ4n) is 10.3. The predicted molar refractivity (Wildman–Crippen MR) is 185 cm³/mol. The van der Waals surface area contributed by atoms with Gasteiger partial charge in [-0.3, -0.25) is 4.84 Å². The minimum absolute atomic E-state index is 0.0316. The number of hydrogen-bond donors (Lipinski definition) is 0. The number of carbonyl (C=O) groups excluding carboxylic acids is 1. The van der Waals surface area contributed by atoms with Gasteiger partial charge in [0.05, 0.1) is 66.1 Å². The molecule has 1 heterocycles. The summed E-state index contributed by atoms with van der Waals surface area (Å²) < 4.78 is 34.0. The van der Waals surface area contributed by atoms with Crippen LogP contribution in [0.3, 0.4) is 0 Å². The van der Waals surface area contributed by atoms with Gasteiger partial charge in [0.15, 0.2) is 6.73 Å². The van der Waals surface area contributed by atoms with Crippen LogP contribution < -0.4 is 0 Å². The predicted octanol–water partition coefficient (Wildman–Crippen LogP) is 7.82. The lowest BCUT2D eigenvalue weighted by Crippen LogP contribution is -2.51. The molecule has 0 aromatic carbocycles. The Morgan fingerprint density at radius 3 is 2.12 bits per heavy atom. The molecule has 4 unspecified atom stereocenters. The van der Waals surface area contributed by atoms with Crippen LogP contribution in [0.25, 0.3) is 0 Å². The zero-order valence-electron chi connectivity index (χ0n) is 30.9. The van der Waals surface area contributed by atoms with Gasteiger partial charge in [0.2, 0.25) is 0 Å². The van der Waals surface area contributed by atoms with E-state index < -0.39 is 6.09 Å². The third kappa shape index (κ3) is 9.55. The Bertz CT molecular complexity index is 1000. The topological polar surface area (TPSA) is 84.9 Å². The molecule has 48 heavy (non-hydrogen) atoms. The Kier molecular flexibility index (Phi) is 14.5. The molecule has 9 nitrogen and oxygen atoms in total. The van der Waals surface area contributed by atoms with Gasteiger partial charge in [0.1, 0.15) is 6.10 Å². The maximum Gasteiger partial charge on any atom is 0.436 e. The van der Waals surface area contributed by atoms with E-state index in [1.165, 1.54) is 62.0 Å². The van der Waals surface area contributed by atoms with E-state index >= 15 is 0 Å². The Hall–Kier alpha value is -1.23. The van der Waals surface area contributed by atoms with Crippen LogP contribution in [-0.4, -0.2) is 90.1 Å². The first-order valence-electron chi connectivity index (χ1n) is 19.4. The van der Waals surface area contributed by atoms with Crippen molar-refractivity contribution in [1.29, 1.82) is 0 Å². The Labute approximate surface area is 291 Å². The second-order valence-corrected chi connectivity index (χ2v) is 16.2. The van der Waals surface area contributed by atoms with Gasteiger partial charge >= 0.3 is 6.09 Å². The molecule has 5 aliphatic rings. The normalized spacial score (nSPS) is 36.9. The molecule has 0 bridgehead atoms. The van der Waals surface area contributed by atoms with Crippen LogP contribution in [0.4, 0.5) is 4.79 Å². The lowest BCUT2D eigenvalue weighted by molar-refractivity contribution is -0.198. The van der Waals surface area contributed by atoms with Gasteiger partial charge in [0, 0.05) is 6.42 Å². The first kappa shape index (κ1) is 38.0. The van der Waals surface area contributed by atoms with Crippen molar-refractivity contribution in [3.63, 3.8) is 0 Å². The van der Waals surface area contributed by atoms with E-state index in [2.05, 4.69) is 40.7 Å². The summed E-state index contributed by atoms with van der Waals surface area (Å²) in [6.45, 7) is 16.7. The highest BCUT2D eigenvalue weighted by Crippen LogP contribution is 2.67. The molecule has 0 radical (unpaired) electrons. The molecule has 4 fully saturated rings. The number of rotatable bonds is 6. The minimum Gasteiger partial charge on any atom is -0.444 e. The lowest BCUT2D eigenvalue weighted by atomic mass is 9.47. The fourth-order valence-corrected chi connectivity index (χ4v) is 10.3. The average molecular weight is 678 g/mol. The Morgan fingerprint density at radius 1 is 0.812 bits per heavy atom. The summed E-state index contributed by atoms with van der Waals surface area (Å²) in [5, 5.41) is 1.19. The molecule has 276 valence electrons. The van der Waals surface area contributed by atoms with Crippen LogP contribution in [0.2, 0.25) is 0 Å². The van der Waals surface area contributed by atoms with E-state index in [0.717, 1.165) is 54.8 Å². The van der Waals surface area contributed by atoms with Crippen LogP contribution in [-0.2, 0) is 33.3 Å². The SMILES string of the molecule is CC(C)CCC[C@@H](C)[C@H]1CCC2C3CC=C4CC(OC(=O)N5COCCOCCOCCOCCOCCO5)CC[C@]4(C)C3CC[C@@]21C. The van der Waals surface area contributed by atoms with E-state index in [1.807, 2.05) is 0 Å². The Morgan fingerprint density at radius 2 is 1.46 bits per heavy atom. The number of ether oxygens (including phenoxy) is 6. The van der Waals surface area contributed by atoms with Gasteiger partial charge in [-0.15, -0.1) is 0 Å². The highest BCUT2D eigenvalue weighted by Gasteiger charge is 2.59. The number of fused-ring (bicyclic) bond motifs is 5. The first-order valence-corrected chi connectivity index (χ1v) is 19.4. The molecule has 0 spiro atoms. The van der Waals surface area contributed by atoms with Crippen molar-refractivity contribution < 1.29 is 38.1 Å². The molecular formula is C39H67NO8. The van der Waals surface area contributed by atoms with Crippen LogP contribution in [0.1, 0.15) is 105 Å². The van der Waals surface area contributed by atoms with Crippen molar-refractivity contribution in [1.82, 2.24) is 5.06 Å². The van der Waals surface area contributed by atoms with E-state index in [0.29, 0.717) is 64.9 Å². The largest absolute Gasteiger partial charge is 0.444 e. The summed E-state index contributed by atoms with van der Waals surface area (Å²) in [5.74, 6) is 4.89. The molecule has 0 aromatic heterocycles. The van der Waals surface area contributed by atoms with Crippen molar-refractivity contribution in [2.75, 3.05) is 72.8 Å². The van der Waals surface area contributed by atoms with Gasteiger partial charge < -0.3 is 28.4 Å². The van der Waals surface area contributed by atoms with Crippen LogP contribution in [0.5, 0.6) is 0 Å². The van der Waals surface area contributed by atoms with Crippen molar-refractivity contribution in [3.05, 3.63) is 11.6 Å². The fraction of sp³-hybridized carbons (Fsp3) is 0.923. The number of amides is 1. The summed E-state index contributed by atoms with van der Waals surface area (Å²) in [4.78, 5) is 19.2. The van der Waals surface area contributed by atoms with Gasteiger partial charge in [-0.25, -0.2) is 4.79 Å². The average Bonchev–Trinajstić information content (AvgIpc) is 3.42. The van der Waals surface area contributed by atoms with Crippen LogP contribution in [0, 0.1) is 46.3 Å². The molecule has 3 saturated carbocycles. The van der Waals surface area contributed by atoms with Crippen molar-refractivity contribution in [2.45, 2.75) is 111 Å². The van der Waals surface area contributed by atoms with Crippen LogP contribution in [0.15, 0.2) is 11.6 Å². The first-order chi connectivity index (χ1) is 23.2. The van der Waals surface area contributed by atoms with E-state index in [-0.39, 0.29) is 24.9 Å². The van der Waals surface area contributed by atoms with E-state index in [9.17, 15) is 4.79 Å². The molecule has 4 aliphatic carbocycles. The monoisotopic (exact) mass is 677 g/mol. The molecule has 1 saturated heterocycles. The quantitative estimate of drug-likeness (QED) is 0.263. The van der Waals surface area contributed by atoms with Crippen molar-refractivity contribution in [3.8, 4) is 0 Å². The molecule has 0 N–H and O–H groups in total. The molecule has 8 atom stereocenters. The smallest absolute Gasteiger partial charge is 0.436 e. The number of nitrogens with zero attached hydrogens (tertiary/aromatic N) is 1. The number of hydrogen-bond acceptors (Lipinski definition) is 8. The standard InChI is InChI=1S/C39H67NO8/c1-29(2)7-6-8-30(3)34-11-12-35-33-10-9-31-27-32(13-15-38(31,4)36(33)14-16-39(34,35)5)48-37(41)40-28-46-24-23-44-20-19-42-17-18-43-21-22-45-25-26-47-40/h9,29-30,32-36H,6-8,10-28H2,1-5H3/t30-,32?,33?,34-,35?,36?,38+,39-/m1/s1. The zero-order valence-corrected chi connectivity index (χ0v) is 30.9. The maximum absolute atomic E-state index is 13.4. The summed E-state index contributed by atoms with van der Waals surface area (Å²) >= 11 is 0. The molecule has 1 amide bonds. The molecule has 0 aromatic rings. The third-order valence-corrected chi connectivity index (χ3v) is 12.9. The summed E-state index contributed by atoms with van der Waals surface area (Å²) in [6.07, 6.45) is 15.6. The summed E-state index contributed by atoms with van der Waals surface area (Å²) in [6, 6.07) is 0. The highest BCUT2D eigenvalue weighted by molar-refractivity contribution is 5.66. The number of carbonyl (C=O) groups is 1. The van der Waals surface area contributed by atoms with Crippen molar-refractivity contribution in [2.24, 2.45) is 46.3 Å². The van der Waals surface area contributed by atoms with E-state index in [4.69, 9.17) is 33.3 Å². The van der Waals surface area contributed by atoms with Gasteiger partial charge in [-0.05, 0) is 91.3 Å². The van der Waals surface area contributed by atoms with E-state index in [1.54, 1.807) is 0 Å². The third-order valence-electron chi connectivity index (χ3n) is 12.9. The maximum atomic E-state index is 13.4. The van der Waals surface area contributed by atoms with Crippen LogP contribution >= 0.6 is 0 Å². The lowest BCUT2D eigenvalue weighted by Gasteiger charge is -2.58. The molecule has 1 aliphatic heterocycles. The number of hydroxylamine groups is 2. The minimum atomic E-state index is -0.502. The molecule has 5 rings (SSSR count). The highest BCUT2D eigenvalue weighted by atomic mass is 16.8. The van der Waals surface area contributed by atoms with Gasteiger partial charge in [-0.2, -0.15) is 5.06 Å². The van der Waals surface area contributed by atoms with Gasteiger partial charge in [-0.1, -0.05) is 65.5 Å². The van der Waals surface area contributed by atoms with Crippen molar-refractivity contribution >= 4 is 6.09 Å². The Balaban J connectivity index is 1.14. The summed E-state index contributed by atoms with van der Waals surface area (Å²) in [7, 11) is 0. The second kappa shape index (κ2) is 18.3. The number of allylic oxidation sites excluding steroid dienone is 1.